The lowest BCUT2D eigenvalue weighted by Crippen LogP contribution is -2.34. The number of alkyl halides is 3. The molecule has 1 saturated carbocycles. The number of rotatable bonds is 4. The molecule has 0 heterocycles. The van der Waals surface area contributed by atoms with Crippen LogP contribution in [-0.2, 0) is 11.6 Å². The number of hydrogen-bond acceptors (Lipinski definition) is 3. The summed E-state index contributed by atoms with van der Waals surface area (Å²) in [6.07, 6.45) is -3.20. The van der Waals surface area contributed by atoms with Crippen molar-refractivity contribution in [2.24, 2.45) is 5.73 Å². The summed E-state index contributed by atoms with van der Waals surface area (Å²) in [5, 5.41) is 0. The molecule has 3 nitrogen and oxygen atoms in total. The van der Waals surface area contributed by atoms with Gasteiger partial charge in [-0.1, -0.05) is 0 Å². The summed E-state index contributed by atoms with van der Waals surface area (Å²) in [5.74, 6) is 0.430. The molecule has 6 heteroatoms. The number of ether oxygens (including phenoxy) is 2. The Balaban J connectivity index is 2.73. The number of nitrogens with two attached hydrogens (primary N) is 1. The van der Waals surface area contributed by atoms with Gasteiger partial charge in [0.1, 0.15) is 0 Å². The van der Waals surface area contributed by atoms with E-state index in [4.69, 9.17) is 15.2 Å². The molecule has 1 fully saturated rings. The molecule has 0 aliphatic heterocycles. The van der Waals surface area contributed by atoms with Crippen LogP contribution < -0.4 is 15.2 Å². The van der Waals surface area contributed by atoms with E-state index in [0.717, 1.165) is 6.07 Å². The van der Waals surface area contributed by atoms with Gasteiger partial charge in [0.05, 0.1) is 19.8 Å². The average molecular weight is 289 g/mol. The van der Waals surface area contributed by atoms with Crippen LogP contribution in [0.3, 0.4) is 0 Å². The smallest absolute Gasteiger partial charge is 0.416 e. The topological polar surface area (TPSA) is 44.5 Å². The summed E-state index contributed by atoms with van der Waals surface area (Å²) < 4.78 is 50.2. The Labute approximate surface area is 115 Å². The van der Waals surface area contributed by atoms with Crippen molar-refractivity contribution in [3.63, 3.8) is 0 Å². The van der Waals surface area contributed by atoms with Crippen molar-refractivity contribution in [2.45, 2.75) is 37.4 Å². The molecule has 0 saturated heterocycles. The standard InChI is InChI=1S/C14H18F3NO2/c1-8(18)13(6-7-13)11-9(14(15,16)17)4-5-10(19-2)12(11)20-3/h4-5,8H,6-7,18H2,1-3H3. The van der Waals surface area contributed by atoms with Crippen LogP contribution in [0.5, 0.6) is 11.5 Å². The zero-order chi connectivity index (χ0) is 15.1. The maximum absolute atomic E-state index is 13.3. The van der Waals surface area contributed by atoms with Gasteiger partial charge in [-0.05, 0) is 31.9 Å². The van der Waals surface area contributed by atoms with E-state index in [-0.39, 0.29) is 17.4 Å². The second kappa shape index (κ2) is 4.84. The first-order valence-corrected chi connectivity index (χ1v) is 6.36. The van der Waals surface area contributed by atoms with Crippen LogP contribution >= 0.6 is 0 Å². The van der Waals surface area contributed by atoms with Crippen molar-refractivity contribution in [1.82, 2.24) is 0 Å². The predicted molar refractivity (Wildman–Crippen MR) is 69.1 cm³/mol. The molecule has 1 unspecified atom stereocenters. The van der Waals surface area contributed by atoms with Gasteiger partial charge in [0.25, 0.3) is 0 Å². The maximum Gasteiger partial charge on any atom is 0.416 e. The van der Waals surface area contributed by atoms with E-state index in [1.165, 1.54) is 20.3 Å². The largest absolute Gasteiger partial charge is 0.493 e. The molecule has 2 N–H and O–H groups in total. The first-order valence-electron chi connectivity index (χ1n) is 6.36. The molecule has 112 valence electrons. The molecule has 0 radical (unpaired) electrons. The molecule has 0 aromatic heterocycles. The van der Waals surface area contributed by atoms with Crippen LogP contribution in [0.15, 0.2) is 12.1 Å². The third kappa shape index (κ3) is 2.22. The van der Waals surface area contributed by atoms with Crippen molar-refractivity contribution >= 4 is 0 Å². The normalized spacial score (nSPS) is 18.6. The zero-order valence-corrected chi connectivity index (χ0v) is 11.7. The highest BCUT2D eigenvalue weighted by Gasteiger charge is 2.54. The minimum absolute atomic E-state index is 0.127. The summed E-state index contributed by atoms with van der Waals surface area (Å²) in [6, 6.07) is 1.94. The summed E-state index contributed by atoms with van der Waals surface area (Å²) in [6.45, 7) is 1.73. The van der Waals surface area contributed by atoms with E-state index in [1.807, 2.05) is 0 Å². The van der Waals surface area contributed by atoms with Crippen LogP contribution in [0, 0.1) is 0 Å². The minimum Gasteiger partial charge on any atom is -0.493 e. The lowest BCUT2D eigenvalue weighted by molar-refractivity contribution is -0.138. The fourth-order valence-electron chi connectivity index (χ4n) is 2.73. The van der Waals surface area contributed by atoms with Crippen LogP contribution in [0.1, 0.15) is 30.9 Å². The van der Waals surface area contributed by atoms with E-state index in [9.17, 15) is 13.2 Å². The third-order valence-electron chi connectivity index (χ3n) is 4.01. The number of benzene rings is 1. The SMILES string of the molecule is COc1ccc(C(F)(F)F)c(C2(C(C)N)CC2)c1OC. The van der Waals surface area contributed by atoms with E-state index < -0.39 is 17.2 Å². The zero-order valence-electron chi connectivity index (χ0n) is 11.7. The molecule has 2 rings (SSSR count). The maximum atomic E-state index is 13.3. The van der Waals surface area contributed by atoms with E-state index in [2.05, 4.69) is 0 Å². The molecule has 1 aromatic rings. The molecule has 20 heavy (non-hydrogen) atoms. The first kappa shape index (κ1) is 15.0. The van der Waals surface area contributed by atoms with Crippen molar-refractivity contribution in [3.8, 4) is 11.5 Å². The van der Waals surface area contributed by atoms with Crippen molar-refractivity contribution in [3.05, 3.63) is 23.3 Å². The monoisotopic (exact) mass is 289 g/mol. The second-order valence-corrected chi connectivity index (χ2v) is 5.17. The number of methoxy groups -OCH3 is 2. The van der Waals surface area contributed by atoms with E-state index in [0.29, 0.717) is 18.6 Å². The summed E-state index contributed by atoms with van der Waals surface area (Å²) in [7, 11) is 2.75. The fraction of sp³-hybridized carbons (Fsp3) is 0.571. The van der Waals surface area contributed by atoms with E-state index >= 15 is 0 Å². The van der Waals surface area contributed by atoms with E-state index in [1.54, 1.807) is 6.92 Å². The van der Waals surface area contributed by atoms with Crippen LogP contribution in [0.25, 0.3) is 0 Å². The van der Waals surface area contributed by atoms with Crippen molar-refractivity contribution < 1.29 is 22.6 Å². The van der Waals surface area contributed by atoms with Gasteiger partial charge in [0, 0.05) is 17.0 Å². The summed E-state index contributed by atoms with van der Waals surface area (Å²) >= 11 is 0. The van der Waals surface area contributed by atoms with Gasteiger partial charge >= 0.3 is 6.18 Å². The summed E-state index contributed by atoms with van der Waals surface area (Å²) in [4.78, 5) is 0. The molecule has 1 atom stereocenters. The summed E-state index contributed by atoms with van der Waals surface area (Å²) in [5.41, 5.74) is 4.69. The first-order chi connectivity index (χ1) is 9.28. The second-order valence-electron chi connectivity index (χ2n) is 5.17. The molecule has 0 amide bonds. The van der Waals surface area contributed by atoms with Gasteiger partial charge in [0.15, 0.2) is 11.5 Å². The Morgan fingerprint density at radius 3 is 2.15 bits per heavy atom. The highest BCUT2D eigenvalue weighted by molar-refractivity contribution is 5.57. The van der Waals surface area contributed by atoms with Gasteiger partial charge in [-0.25, -0.2) is 0 Å². The Bertz CT molecular complexity index is 508. The van der Waals surface area contributed by atoms with Gasteiger partial charge in [-0.15, -0.1) is 0 Å². The lowest BCUT2D eigenvalue weighted by Gasteiger charge is -2.27. The lowest BCUT2D eigenvalue weighted by atomic mass is 9.84. The Morgan fingerprint density at radius 2 is 1.80 bits per heavy atom. The number of hydrogen-bond donors (Lipinski definition) is 1. The quantitative estimate of drug-likeness (QED) is 0.926. The van der Waals surface area contributed by atoms with Crippen LogP contribution in [0.4, 0.5) is 13.2 Å². The van der Waals surface area contributed by atoms with Crippen LogP contribution in [0.2, 0.25) is 0 Å². The highest BCUT2D eigenvalue weighted by atomic mass is 19.4. The molecule has 1 aliphatic rings. The van der Waals surface area contributed by atoms with Crippen LogP contribution in [-0.4, -0.2) is 20.3 Å². The molecular formula is C14H18F3NO2. The Kier molecular flexibility index (Phi) is 3.62. The molecular weight excluding hydrogens is 271 g/mol. The number of halogens is 3. The fourth-order valence-corrected chi connectivity index (χ4v) is 2.73. The third-order valence-corrected chi connectivity index (χ3v) is 4.01. The Hall–Kier alpha value is -1.43. The van der Waals surface area contributed by atoms with Gasteiger partial charge in [-0.3, -0.25) is 0 Å². The van der Waals surface area contributed by atoms with Gasteiger partial charge in [0.2, 0.25) is 0 Å². The molecule has 0 bridgehead atoms. The minimum atomic E-state index is -4.45. The molecule has 0 spiro atoms. The van der Waals surface area contributed by atoms with Crippen molar-refractivity contribution in [2.75, 3.05) is 14.2 Å². The molecule has 1 aliphatic carbocycles. The Morgan fingerprint density at radius 1 is 1.20 bits per heavy atom. The predicted octanol–water partition coefficient (Wildman–Crippen LogP) is 3.10. The van der Waals surface area contributed by atoms with Gasteiger partial charge < -0.3 is 15.2 Å². The highest BCUT2D eigenvalue weighted by Crippen LogP contribution is 2.58. The molecule has 1 aromatic carbocycles. The van der Waals surface area contributed by atoms with Crippen molar-refractivity contribution in [1.29, 1.82) is 0 Å². The average Bonchev–Trinajstić information content (AvgIpc) is 3.17. The van der Waals surface area contributed by atoms with Gasteiger partial charge in [-0.2, -0.15) is 13.2 Å².